The lowest BCUT2D eigenvalue weighted by molar-refractivity contribution is 0.0222. The summed E-state index contributed by atoms with van der Waals surface area (Å²) in [7, 11) is 0. The van der Waals surface area contributed by atoms with E-state index in [0.29, 0.717) is 0 Å². The standard InChI is InChI=1S/C14H28N2O2/c1-13(2,3)15-10-11-8-7-9-16(11)12(17)18-14(4,5)6/h11,15H,7-10H2,1-6H3. The summed E-state index contributed by atoms with van der Waals surface area (Å²) in [6, 6.07) is 0.263. The largest absolute Gasteiger partial charge is 0.444 e. The molecule has 4 nitrogen and oxygen atoms in total. The molecule has 1 heterocycles. The van der Waals surface area contributed by atoms with Gasteiger partial charge in [-0.1, -0.05) is 0 Å². The summed E-state index contributed by atoms with van der Waals surface area (Å²) in [5.74, 6) is 0. The smallest absolute Gasteiger partial charge is 0.410 e. The van der Waals surface area contributed by atoms with Gasteiger partial charge in [-0.2, -0.15) is 0 Å². The molecule has 4 heteroatoms. The number of hydrogen-bond donors (Lipinski definition) is 1. The second kappa shape index (κ2) is 5.47. The van der Waals surface area contributed by atoms with Crippen LogP contribution >= 0.6 is 0 Å². The number of carbonyl (C=O) groups excluding carboxylic acids is 1. The van der Waals surface area contributed by atoms with Crippen molar-refractivity contribution in [3.8, 4) is 0 Å². The third-order valence-corrected chi connectivity index (χ3v) is 2.87. The zero-order chi connectivity index (χ0) is 14.0. The Balaban J connectivity index is 2.51. The molecule has 18 heavy (non-hydrogen) atoms. The summed E-state index contributed by atoms with van der Waals surface area (Å²) in [5, 5.41) is 3.46. The van der Waals surface area contributed by atoms with Crippen LogP contribution in [0.4, 0.5) is 4.79 Å². The van der Waals surface area contributed by atoms with Crippen LogP contribution in [-0.2, 0) is 4.74 Å². The first-order chi connectivity index (χ1) is 8.08. The molecule has 0 saturated carbocycles. The molecule has 1 atom stereocenters. The van der Waals surface area contributed by atoms with Gasteiger partial charge in [-0.3, -0.25) is 0 Å². The normalized spacial score (nSPS) is 21.2. The number of hydrogen-bond acceptors (Lipinski definition) is 3. The molecule has 0 aromatic carbocycles. The number of rotatable bonds is 2. The minimum absolute atomic E-state index is 0.0855. The predicted octanol–water partition coefficient (Wildman–Crippen LogP) is 2.77. The van der Waals surface area contributed by atoms with Crippen molar-refractivity contribution >= 4 is 6.09 Å². The highest BCUT2D eigenvalue weighted by Crippen LogP contribution is 2.20. The molecule has 0 aliphatic carbocycles. The van der Waals surface area contributed by atoms with Gasteiger partial charge in [0, 0.05) is 24.7 Å². The minimum Gasteiger partial charge on any atom is -0.444 e. The predicted molar refractivity (Wildman–Crippen MR) is 73.7 cm³/mol. The van der Waals surface area contributed by atoms with Gasteiger partial charge >= 0.3 is 6.09 Å². The number of amides is 1. The van der Waals surface area contributed by atoms with Crippen molar-refractivity contribution in [1.29, 1.82) is 0 Å². The summed E-state index contributed by atoms with van der Waals surface area (Å²) < 4.78 is 5.44. The molecule has 0 spiro atoms. The van der Waals surface area contributed by atoms with Crippen LogP contribution in [-0.4, -0.2) is 41.3 Å². The summed E-state index contributed by atoms with van der Waals surface area (Å²) in [5.41, 5.74) is -0.329. The maximum absolute atomic E-state index is 12.1. The lowest BCUT2D eigenvalue weighted by atomic mass is 10.1. The van der Waals surface area contributed by atoms with Gasteiger partial charge < -0.3 is 15.0 Å². The molecule has 1 amide bonds. The third-order valence-electron chi connectivity index (χ3n) is 2.87. The van der Waals surface area contributed by atoms with E-state index in [1.807, 2.05) is 25.7 Å². The maximum Gasteiger partial charge on any atom is 0.410 e. The zero-order valence-corrected chi connectivity index (χ0v) is 12.7. The van der Waals surface area contributed by atoms with Gasteiger partial charge in [0.25, 0.3) is 0 Å². The van der Waals surface area contributed by atoms with Gasteiger partial charge in [0.2, 0.25) is 0 Å². The van der Waals surface area contributed by atoms with E-state index in [2.05, 4.69) is 26.1 Å². The van der Waals surface area contributed by atoms with Crippen molar-refractivity contribution in [2.24, 2.45) is 0 Å². The molecule has 1 aliphatic heterocycles. The Kier molecular flexibility index (Phi) is 4.65. The van der Waals surface area contributed by atoms with Gasteiger partial charge in [-0.05, 0) is 54.4 Å². The van der Waals surface area contributed by atoms with E-state index in [9.17, 15) is 4.79 Å². The fraction of sp³-hybridized carbons (Fsp3) is 0.929. The summed E-state index contributed by atoms with van der Waals surface area (Å²) >= 11 is 0. The molecule has 1 N–H and O–H groups in total. The molecule has 0 aromatic heterocycles. The van der Waals surface area contributed by atoms with Crippen molar-refractivity contribution < 1.29 is 9.53 Å². The Morgan fingerprint density at radius 2 is 1.89 bits per heavy atom. The van der Waals surface area contributed by atoms with Gasteiger partial charge in [0.15, 0.2) is 0 Å². The summed E-state index contributed by atoms with van der Waals surface area (Å²) in [4.78, 5) is 13.9. The molecule has 1 fully saturated rings. The van der Waals surface area contributed by atoms with Gasteiger partial charge in [-0.15, -0.1) is 0 Å². The lowest BCUT2D eigenvalue weighted by Gasteiger charge is -2.31. The Morgan fingerprint density at radius 1 is 1.28 bits per heavy atom. The molecule has 106 valence electrons. The SMILES string of the molecule is CC(C)(C)NCC1CCCN1C(=O)OC(C)(C)C. The summed E-state index contributed by atoms with van der Waals surface area (Å²) in [6.45, 7) is 13.8. The molecule has 1 aliphatic rings. The van der Waals surface area contributed by atoms with E-state index in [0.717, 1.165) is 25.9 Å². The maximum atomic E-state index is 12.1. The van der Waals surface area contributed by atoms with E-state index in [1.54, 1.807) is 0 Å². The second-order valence-electron chi connectivity index (χ2n) is 7.10. The first-order valence-electron chi connectivity index (χ1n) is 6.83. The van der Waals surface area contributed by atoms with E-state index < -0.39 is 5.60 Å². The molecular weight excluding hydrogens is 228 g/mol. The van der Waals surface area contributed by atoms with Crippen LogP contribution in [0.5, 0.6) is 0 Å². The minimum atomic E-state index is -0.415. The molecule has 1 unspecified atom stereocenters. The first-order valence-corrected chi connectivity index (χ1v) is 6.83. The highest BCUT2D eigenvalue weighted by molar-refractivity contribution is 5.69. The highest BCUT2D eigenvalue weighted by Gasteiger charge is 2.32. The van der Waals surface area contributed by atoms with Crippen LogP contribution in [0.3, 0.4) is 0 Å². The fourth-order valence-corrected chi connectivity index (χ4v) is 2.03. The summed E-state index contributed by atoms with van der Waals surface area (Å²) in [6.07, 6.45) is 1.94. The van der Waals surface area contributed by atoms with E-state index in [1.165, 1.54) is 0 Å². The van der Waals surface area contributed by atoms with Crippen LogP contribution in [0.25, 0.3) is 0 Å². The third kappa shape index (κ3) is 5.25. The van der Waals surface area contributed by atoms with Gasteiger partial charge in [-0.25, -0.2) is 4.79 Å². The molecule has 0 bridgehead atoms. The molecule has 0 radical (unpaired) electrons. The number of ether oxygens (including phenoxy) is 1. The molecular formula is C14H28N2O2. The van der Waals surface area contributed by atoms with Gasteiger partial charge in [0.05, 0.1) is 0 Å². The monoisotopic (exact) mass is 256 g/mol. The van der Waals surface area contributed by atoms with Gasteiger partial charge in [0.1, 0.15) is 5.60 Å². The van der Waals surface area contributed by atoms with Crippen molar-refractivity contribution in [3.63, 3.8) is 0 Å². The molecule has 1 saturated heterocycles. The zero-order valence-electron chi connectivity index (χ0n) is 12.7. The van der Waals surface area contributed by atoms with Crippen molar-refractivity contribution in [3.05, 3.63) is 0 Å². The Bertz CT molecular complexity index is 289. The first kappa shape index (κ1) is 15.3. The highest BCUT2D eigenvalue weighted by atomic mass is 16.6. The van der Waals surface area contributed by atoms with E-state index in [-0.39, 0.29) is 17.7 Å². The van der Waals surface area contributed by atoms with Crippen LogP contribution in [0, 0.1) is 0 Å². The lowest BCUT2D eigenvalue weighted by Crippen LogP contribution is -2.48. The van der Waals surface area contributed by atoms with Crippen molar-refractivity contribution in [2.75, 3.05) is 13.1 Å². The van der Waals surface area contributed by atoms with Crippen LogP contribution in [0.15, 0.2) is 0 Å². The van der Waals surface area contributed by atoms with E-state index >= 15 is 0 Å². The average Bonchev–Trinajstić information content (AvgIpc) is 2.58. The van der Waals surface area contributed by atoms with Crippen LogP contribution in [0.1, 0.15) is 54.4 Å². The number of nitrogens with one attached hydrogen (secondary N) is 1. The number of carbonyl (C=O) groups is 1. The number of likely N-dealkylation sites (tertiary alicyclic amines) is 1. The topological polar surface area (TPSA) is 41.6 Å². The second-order valence-corrected chi connectivity index (χ2v) is 7.10. The van der Waals surface area contributed by atoms with Crippen LogP contribution in [0.2, 0.25) is 0 Å². The Morgan fingerprint density at radius 3 is 2.39 bits per heavy atom. The van der Waals surface area contributed by atoms with Crippen LogP contribution < -0.4 is 5.32 Å². The fourth-order valence-electron chi connectivity index (χ4n) is 2.03. The quantitative estimate of drug-likeness (QED) is 0.826. The average molecular weight is 256 g/mol. The number of nitrogens with zero attached hydrogens (tertiary/aromatic N) is 1. The van der Waals surface area contributed by atoms with Crippen molar-refractivity contribution in [1.82, 2.24) is 10.2 Å². The molecule has 0 aromatic rings. The van der Waals surface area contributed by atoms with Crippen molar-refractivity contribution in [2.45, 2.75) is 71.6 Å². The van der Waals surface area contributed by atoms with E-state index in [4.69, 9.17) is 4.74 Å². The Labute approximate surface area is 111 Å². The molecule has 1 rings (SSSR count). The Hall–Kier alpha value is -0.770.